The van der Waals surface area contributed by atoms with Crippen LogP contribution in [0.15, 0.2) is 64.4 Å². The van der Waals surface area contributed by atoms with Crippen molar-refractivity contribution in [2.75, 3.05) is 0 Å². The lowest BCUT2D eigenvalue weighted by atomic mass is 10.2. The van der Waals surface area contributed by atoms with E-state index in [1.807, 2.05) is 6.07 Å². The molecule has 2 aromatic heterocycles. The number of carbonyl (C=O) groups excluding carboxylic acids is 2. The summed E-state index contributed by atoms with van der Waals surface area (Å²) in [6.07, 6.45) is 2.98. The lowest BCUT2D eigenvalue weighted by molar-refractivity contribution is 0.0946. The zero-order chi connectivity index (χ0) is 16.2. The number of hydrogen-bond acceptors (Lipinski definition) is 5. The highest BCUT2D eigenvalue weighted by Crippen LogP contribution is 2.12. The highest BCUT2D eigenvalue weighted by atomic mass is 16.3. The molecule has 0 atom stereocenters. The van der Waals surface area contributed by atoms with E-state index in [1.54, 1.807) is 24.3 Å². The molecule has 2 heterocycles. The molecule has 0 radical (unpaired) electrons. The molecule has 0 aliphatic heterocycles. The maximum Gasteiger partial charge on any atom is 0.271 e. The third kappa shape index (κ3) is 3.08. The van der Waals surface area contributed by atoms with Gasteiger partial charge in [-0.25, -0.2) is 5.43 Å². The number of fused-ring (bicyclic) bond motifs is 1. The normalized spacial score (nSPS) is 11.4. The van der Waals surface area contributed by atoms with Crippen LogP contribution in [-0.4, -0.2) is 16.8 Å². The molecule has 23 heavy (non-hydrogen) atoms. The summed E-state index contributed by atoms with van der Waals surface area (Å²) < 4.78 is 5.55. The Morgan fingerprint density at radius 3 is 2.61 bits per heavy atom. The summed E-state index contributed by atoms with van der Waals surface area (Å²) in [5.41, 5.74) is 8.60. The van der Waals surface area contributed by atoms with Gasteiger partial charge < -0.3 is 10.2 Å². The minimum absolute atomic E-state index is 0.0568. The second-order valence-corrected chi connectivity index (χ2v) is 4.66. The van der Waals surface area contributed by atoms with Crippen LogP contribution in [0.2, 0.25) is 0 Å². The van der Waals surface area contributed by atoms with E-state index in [-0.39, 0.29) is 11.1 Å². The number of rotatable bonds is 3. The van der Waals surface area contributed by atoms with Gasteiger partial charge in [0.15, 0.2) is 0 Å². The van der Waals surface area contributed by atoms with E-state index in [1.165, 1.54) is 24.5 Å². The summed E-state index contributed by atoms with van der Waals surface area (Å²) in [6.45, 7) is 0. The van der Waals surface area contributed by atoms with Gasteiger partial charge in [-0.05, 0) is 24.3 Å². The predicted molar refractivity (Wildman–Crippen MR) is 82.0 cm³/mol. The van der Waals surface area contributed by atoms with E-state index in [0.717, 1.165) is 0 Å². The molecule has 0 fully saturated rings. The van der Waals surface area contributed by atoms with Crippen molar-refractivity contribution in [2.24, 2.45) is 10.8 Å². The van der Waals surface area contributed by atoms with Crippen LogP contribution in [0.25, 0.3) is 11.0 Å². The van der Waals surface area contributed by atoms with Crippen molar-refractivity contribution in [1.82, 2.24) is 10.4 Å². The number of nitrogens with two attached hydrogens (primary N) is 1. The van der Waals surface area contributed by atoms with Crippen molar-refractivity contribution < 1.29 is 14.0 Å². The van der Waals surface area contributed by atoms with Gasteiger partial charge in [-0.15, -0.1) is 5.10 Å². The smallest absolute Gasteiger partial charge is 0.271 e. The summed E-state index contributed by atoms with van der Waals surface area (Å²) in [4.78, 5) is 27.4. The molecule has 7 nitrogen and oxygen atoms in total. The largest absolute Gasteiger partial charge is 0.436 e. The van der Waals surface area contributed by atoms with Gasteiger partial charge in [0.05, 0.1) is 0 Å². The molecule has 3 aromatic rings. The van der Waals surface area contributed by atoms with Crippen LogP contribution < -0.4 is 16.7 Å². The first-order valence-electron chi connectivity index (χ1n) is 6.72. The van der Waals surface area contributed by atoms with Crippen molar-refractivity contribution >= 4 is 22.8 Å². The number of hydrogen-bond donors (Lipinski definition) is 2. The molecule has 0 unspecified atom stereocenters. The molecule has 114 valence electrons. The summed E-state index contributed by atoms with van der Waals surface area (Å²) in [5.74, 6) is -1.15. The first-order valence-corrected chi connectivity index (χ1v) is 6.72. The Morgan fingerprint density at radius 1 is 1.13 bits per heavy atom. The molecule has 3 N–H and O–H groups in total. The predicted octanol–water partition coefficient (Wildman–Crippen LogP) is 1.17. The van der Waals surface area contributed by atoms with E-state index in [2.05, 4.69) is 15.5 Å². The number of primary amides is 1. The molecule has 0 saturated heterocycles. The monoisotopic (exact) mass is 308 g/mol. The Hall–Kier alpha value is -3.48. The molecule has 0 saturated carbocycles. The molecule has 0 aliphatic carbocycles. The fourth-order valence-corrected chi connectivity index (χ4v) is 2.00. The minimum atomic E-state index is -0.698. The Balaban J connectivity index is 2.02. The fourth-order valence-electron chi connectivity index (χ4n) is 2.00. The number of para-hydroxylation sites is 1. The number of amides is 2. The molecule has 2 amide bonds. The molecule has 3 rings (SSSR count). The van der Waals surface area contributed by atoms with E-state index >= 15 is 0 Å². The highest BCUT2D eigenvalue weighted by molar-refractivity contribution is 5.96. The average Bonchev–Trinajstić information content (AvgIpc) is 2.59. The van der Waals surface area contributed by atoms with Gasteiger partial charge in [-0.2, -0.15) is 0 Å². The third-order valence-corrected chi connectivity index (χ3v) is 3.12. The van der Waals surface area contributed by atoms with E-state index in [4.69, 9.17) is 10.2 Å². The Kier molecular flexibility index (Phi) is 3.84. The lowest BCUT2D eigenvalue weighted by Crippen LogP contribution is -2.27. The summed E-state index contributed by atoms with van der Waals surface area (Å²) >= 11 is 0. The Labute approximate surface area is 130 Å². The highest BCUT2D eigenvalue weighted by Gasteiger charge is 2.10. The van der Waals surface area contributed by atoms with Crippen LogP contribution in [-0.2, 0) is 0 Å². The van der Waals surface area contributed by atoms with E-state index < -0.39 is 11.8 Å². The Bertz CT molecular complexity index is 948. The van der Waals surface area contributed by atoms with Crippen LogP contribution in [0.4, 0.5) is 0 Å². The van der Waals surface area contributed by atoms with Gasteiger partial charge >= 0.3 is 0 Å². The van der Waals surface area contributed by atoms with Crippen molar-refractivity contribution in [3.8, 4) is 0 Å². The van der Waals surface area contributed by atoms with Crippen LogP contribution in [0.1, 0.15) is 20.7 Å². The SMILES string of the molecule is NC(=O)c1cc2ccccc2o/c1=N/NC(=O)c1ccncc1. The number of aromatic nitrogens is 1. The van der Waals surface area contributed by atoms with E-state index in [9.17, 15) is 9.59 Å². The number of benzene rings is 1. The van der Waals surface area contributed by atoms with Crippen LogP contribution >= 0.6 is 0 Å². The fraction of sp³-hybridized carbons (Fsp3) is 0. The van der Waals surface area contributed by atoms with Gasteiger partial charge in [0.1, 0.15) is 11.1 Å². The molecular formula is C16H12N4O3. The maximum absolute atomic E-state index is 12.0. The van der Waals surface area contributed by atoms with Crippen molar-refractivity contribution in [3.05, 3.63) is 71.5 Å². The second-order valence-electron chi connectivity index (χ2n) is 4.66. The second kappa shape index (κ2) is 6.10. The van der Waals surface area contributed by atoms with Gasteiger partial charge in [-0.1, -0.05) is 18.2 Å². The maximum atomic E-state index is 12.0. The van der Waals surface area contributed by atoms with Gasteiger partial charge in [0.25, 0.3) is 11.8 Å². The average molecular weight is 308 g/mol. The minimum Gasteiger partial charge on any atom is -0.436 e. The van der Waals surface area contributed by atoms with Crippen LogP contribution in [0.3, 0.4) is 0 Å². The van der Waals surface area contributed by atoms with Crippen molar-refractivity contribution in [1.29, 1.82) is 0 Å². The lowest BCUT2D eigenvalue weighted by Gasteiger charge is -2.02. The topological polar surface area (TPSA) is 111 Å². The third-order valence-electron chi connectivity index (χ3n) is 3.12. The summed E-state index contributed by atoms with van der Waals surface area (Å²) in [6, 6.07) is 11.8. The first kappa shape index (κ1) is 14.5. The number of pyridine rings is 1. The zero-order valence-corrected chi connectivity index (χ0v) is 11.9. The quantitative estimate of drug-likeness (QED) is 0.707. The molecule has 0 bridgehead atoms. The molecule has 1 aromatic carbocycles. The Morgan fingerprint density at radius 2 is 1.87 bits per heavy atom. The number of carbonyl (C=O) groups is 2. The van der Waals surface area contributed by atoms with Gasteiger partial charge in [0, 0.05) is 23.3 Å². The van der Waals surface area contributed by atoms with Crippen LogP contribution in [0.5, 0.6) is 0 Å². The molecule has 0 aliphatic rings. The first-order chi connectivity index (χ1) is 11.1. The van der Waals surface area contributed by atoms with Gasteiger partial charge in [-0.3, -0.25) is 14.6 Å². The van der Waals surface area contributed by atoms with E-state index in [0.29, 0.717) is 16.5 Å². The molecule has 0 spiro atoms. The number of nitrogens with zero attached hydrogens (tertiary/aromatic N) is 2. The van der Waals surface area contributed by atoms with Crippen LogP contribution in [0, 0.1) is 0 Å². The zero-order valence-electron chi connectivity index (χ0n) is 11.9. The summed E-state index contributed by atoms with van der Waals surface area (Å²) in [7, 11) is 0. The number of nitrogens with one attached hydrogen (secondary N) is 1. The summed E-state index contributed by atoms with van der Waals surface area (Å²) in [5, 5.41) is 4.58. The molecular weight excluding hydrogens is 296 g/mol. The van der Waals surface area contributed by atoms with Crippen molar-refractivity contribution in [2.45, 2.75) is 0 Å². The van der Waals surface area contributed by atoms with Gasteiger partial charge in [0.2, 0.25) is 5.55 Å². The standard InChI is InChI=1S/C16H12N4O3/c17-14(21)12-9-11-3-1-2-4-13(11)23-16(12)20-19-15(22)10-5-7-18-8-6-10/h1-9H,(H2,17,21)(H,19,22)/b20-16+. The molecule has 7 heteroatoms. The van der Waals surface area contributed by atoms with Crippen molar-refractivity contribution in [3.63, 3.8) is 0 Å².